The van der Waals surface area contributed by atoms with Gasteiger partial charge in [0.05, 0.1) is 6.61 Å². The molecule has 24 heavy (non-hydrogen) atoms. The molecular weight excluding hydrogens is 308 g/mol. The van der Waals surface area contributed by atoms with Crippen molar-refractivity contribution in [2.45, 2.75) is 13.3 Å². The van der Waals surface area contributed by atoms with Crippen molar-refractivity contribution < 1.29 is 19.1 Å². The van der Waals surface area contributed by atoms with E-state index < -0.39 is 5.91 Å². The second kappa shape index (κ2) is 9.08. The van der Waals surface area contributed by atoms with E-state index in [0.29, 0.717) is 18.2 Å². The minimum atomic E-state index is -0.517. The van der Waals surface area contributed by atoms with E-state index in [1.807, 2.05) is 24.0 Å². The van der Waals surface area contributed by atoms with Crippen molar-refractivity contribution in [3.63, 3.8) is 0 Å². The molecule has 2 N–H and O–H groups in total. The molecule has 1 atom stereocenters. The van der Waals surface area contributed by atoms with Gasteiger partial charge in [-0.1, -0.05) is 12.1 Å². The van der Waals surface area contributed by atoms with Gasteiger partial charge in [0.15, 0.2) is 6.61 Å². The fourth-order valence-corrected chi connectivity index (χ4v) is 2.52. The smallest absolute Gasteiger partial charge is 0.255 e. The molecule has 1 fully saturated rings. The molecule has 1 aromatic carbocycles. The number of hydrogen-bond acceptors (Lipinski definition) is 4. The molecule has 2 rings (SSSR count). The van der Waals surface area contributed by atoms with Crippen molar-refractivity contribution >= 4 is 17.9 Å². The van der Waals surface area contributed by atoms with Crippen LogP contribution in [0.2, 0.25) is 0 Å². The number of primary amides is 1. The lowest BCUT2D eigenvalue weighted by Crippen LogP contribution is -2.34. The second-order valence-electron chi connectivity index (χ2n) is 5.76. The zero-order valence-corrected chi connectivity index (χ0v) is 13.9. The van der Waals surface area contributed by atoms with Gasteiger partial charge in [0.25, 0.3) is 5.91 Å². The van der Waals surface area contributed by atoms with Crippen LogP contribution in [0.1, 0.15) is 18.9 Å². The number of hydrogen-bond donors (Lipinski definition) is 1. The molecule has 6 nitrogen and oxygen atoms in total. The lowest BCUT2D eigenvalue weighted by atomic mass is 10.1. The summed E-state index contributed by atoms with van der Waals surface area (Å²) in [7, 11) is 0. The Balaban J connectivity index is 1.88. The van der Waals surface area contributed by atoms with Crippen molar-refractivity contribution in [3.8, 4) is 5.75 Å². The van der Waals surface area contributed by atoms with Crippen LogP contribution in [0, 0.1) is 5.92 Å². The first kappa shape index (κ1) is 18.0. The highest BCUT2D eigenvalue weighted by atomic mass is 16.5. The summed E-state index contributed by atoms with van der Waals surface area (Å²) in [6.45, 7) is 4.77. The van der Waals surface area contributed by atoms with Gasteiger partial charge >= 0.3 is 0 Å². The van der Waals surface area contributed by atoms with Crippen LogP contribution in [0.5, 0.6) is 5.75 Å². The quantitative estimate of drug-likeness (QED) is 0.731. The van der Waals surface area contributed by atoms with Crippen LogP contribution < -0.4 is 10.5 Å². The molecule has 6 heteroatoms. The molecular formula is C18H24N2O4. The monoisotopic (exact) mass is 332 g/mol. The Morgan fingerprint density at radius 3 is 2.71 bits per heavy atom. The number of likely N-dealkylation sites (N-methyl/N-ethyl adjacent to an activating group) is 1. The molecule has 0 spiro atoms. The van der Waals surface area contributed by atoms with Gasteiger partial charge in [-0.2, -0.15) is 0 Å². The van der Waals surface area contributed by atoms with Crippen LogP contribution in [0.4, 0.5) is 0 Å². The van der Waals surface area contributed by atoms with Gasteiger partial charge in [-0.05, 0) is 37.1 Å². The van der Waals surface area contributed by atoms with Gasteiger partial charge in [0.1, 0.15) is 5.75 Å². The SMILES string of the molecule is CCN(C[C@H]1CCOC1)C(=O)/C=C\c1ccc(OCC(N)=O)cc1. The van der Waals surface area contributed by atoms with E-state index in [-0.39, 0.29) is 12.5 Å². The number of ether oxygens (including phenoxy) is 2. The van der Waals surface area contributed by atoms with Crippen LogP contribution >= 0.6 is 0 Å². The highest BCUT2D eigenvalue weighted by molar-refractivity contribution is 5.91. The third-order valence-electron chi connectivity index (χ3n) is 3.88. The van der Waals surface area contributed by atoms with Crippen LogP contribution in [-0.4, -0.2) is 49.6 Å². The summed E-state index contributed by atoms with van der Waals surface area (Å²) in [5.41, 5.74) is 5.91. The largest absolute Gasteiger partial charge is 0.484 e. The Kier molecular flexibility index (Phi) is 6.81. The molecule has 0 saturated carbocycles. The van der Waals surface area contributed by atoms with Gasteiger partial charge in [-0.15, -0.1) is 0 Å². The van der Waals surface area contributed by atoms with Crippen molar-refractivity contribution in [1.82, 2.24) is 4.90 Å². The highest BCUT2D eigenvalue weighted by Gasteiger charge is 2.20. The number of amides is 2. The lowest BCUT2D eigenvalue weighted by Gasteiger charge is -2.22. The Morgan fingerprint density at radius 2 is 2.12 bits per heavy atom. The molecule has 0 radical (unpaired) electrons. The van der Waals surface area contributed by atoms with E-state index in [4.69, 9.17) is 15.2 Å². The first-order valence-corrected chi connectivity index (χ1v) is 8.14. The summed E-state index contributed by atoms with van der Waals surface area (Å²) in [5, 5.41) is 0. The predicted molar refractivity (Wildman–Crippen MR) is 91.3 cm³/mol. The number of carbonyl (C=O) groups excluding carboxylic acids is 2. The molecule has 0 bridgehead atoms. The molecule has 0 aliphatic carbocycles. The van der Waals surface area contributed by atoms with Crippen molar-refractivity contribution in [2.24, 2.45) is 11.7 Å². The maximum absolute atomic E-state index is 12.3. The number of nitrogens with two attached hydrogens (primary N) is 1. The maximum Gasteiger partial charge on any atom is 0.255 e. The predicted octanol–water partition coefficient (Wildman–Crippen LogP) is 1.45. The van der Waals surface area contributed by atoms with Crippen LogP contribution in [0.25, 0.3) is 6.08 Å². The van der Waals surface area contributed by atoms with E-state index in [0.717, 1.165) is 31.7 Å². The minimum absolute atomic E-state index is 0.00143. The molecule has 0 aromatic heterocycles. The summed E-state index contributed by atoms with van der Waals surface area (Å²) in [5.74, 6) is 0.480. The van der Waals surface area contributed by atoms with Crippen LogP contribution in [-0.2, 0) is 14.3 Å². The Labute approximate surface area is 142 Å². The number of carbonyl (C=O) groups is 2. The molecule has 1 aliphatic heterocycles. The summed E-state index contributed by atoms with van der Waals surface area (Å²) in [6, 6.07) is 7.11. The molecule has 0 unspecified atom stereocenters. The van der Waals surface area contributed by atoms with Gasteiger partial charge in [0.2, 0.25) is 5.91 Å². The third kappa shape index (κ3) is 5.70. The molecule has 1 aromatic rings. The van der Waals surface area contributed by atoms with Gasteiger partial charge < -0.3 is 20.1 Å². The standard InChI is InChI=1S/C18H24N2O4/c1-2-20(11-15-9-10-23-12-15)18(22)8-5-14-3-6-16(7-4-14)24-13-17(19)21/h3-8,15H,2,9-13H2,1H3,(H2,19,21)/b8-5-/t15-/m1/s1. The Morgan fingerprint density at radius 1 is 1.38 bits per heavy atom. The fraction of sp³-hybridized carbons (Fsp3) is 0.444. The summed E-state index contributed by atoms with van der Waals surface area (Å²) >= 11 is 0. The van der Waals surface area contributed by atoms with E-state index in [1.54, 1.807) is 24.3 Å². The molecule has 1 saturated heterocycles. The average Bonchev–Trinajstić information content (AvgIpc) is 3.09. The van der Waals surface area contributed by atoms with E-state index in [9.17, 15) is 9.59 Å². The Bertz CT molecular complexity index is 577. The minimum Gasteiger partial charge on any atom is -0.484 e. The normalized spacial score (nSPS) is 17.1. The van der Waals surface area contributed by atoms with Crippen LogP contribution in [0.3, 0.4) is 0 Å². The number of benzene rings is 1. The zero-order chi connectivity index (χ0) is 17.4. The first-order valence-electron chi connectivity index (χ1n) is 8.14. The van der Waals surface area contributed by atoms with Crippen LogP contribution in [0.15, 0.2) is 30.3 Å². The van der Waals surface area contributed by atoms with E-state index >= 15 is 0 Å². The molecule has 130 valence electrons. The van der Waals surface area contributed by atoms with Gasteiger partial charge in [0, 0.05) is 31.7 Å². The van der Waals surface area contributed by atoms with E-state index in [2.05, 4.69) is 0 Å². The third-order valence-corrected chi connectivity index (χ3v) is 3.88. The Hall–Kier alpha value is -2.34. The average molecular weight is 332 g/mol. The lowest BCUT2D eigenvalue weighted by molar-refractivity contribution is -0.126. The molecule has 2 amide bonds. The summed E-state index contributed by atoms with van der Waals surface area (Å²) in [6.07, 6.45) is 4.37. The first-order chi connectivity index (χ1) is 11.6. The topological polar surface area (TPSA) is 81.9 Å². The van der Waals surface area contributed by atoms with Gasteiger partial charge in [-0.25, -0.2) is 0 Å². The molecule has 1 aliphatic rings. The highest BCUT2D eigenvalue weighted by Crippen LogP contribution is 2.15. The summed E-state index contributed by atoms with van der Waals surface area (Å²) in [4.78, 5) is 24.8. The fourth-order valence-electron chi connectivity index (χ4n) is 2.52. The second-order valence-corrected chi connectivity index (χ2v) is 5.76. The van der Waals surface area contributed by atoms with E-state index in [1.165, 1.54) is 0 Å². The zero-order valence-electron chi connectivity index (χ0n) is 13.9. The van der Waals surface area contributed by atoms with Crippen molar-refractivity contribution in [1.29, 1.82) is 0 Å². The maximum atomic E-state index is 12.3. The van der Waals surface area contributed by atoms with Crippen molar-refractivity contribution in [2.75, 3.05) is 32.9 Å². The summed E-state index contributed by atoms with van der Waals surface area (Å²) < 4.78 is 10.6. The molecule has 1 heterocycles. The number of rotatable bonds is 8. The van der Waals surface area contributed by atoms with Crippen molar-refractivity contribution in [3.05, 3.63) is 35.9 Å². The number of nitrogens with zero attached hydrogens (tertiary/aromatic N) is 1. The van der Waals surface area contributed by atoms with Gasteiger partial charge in [-0.3, -0.25) is 9.59 Å².